The molecule has 1 atom stereocenters. The van der Waals surface area contributed by atoms with Gasteiger partial charge in [0, 0.05) is 12.0 Å². The third kappa shape index (κ3) is 3.80. The summed E-state index contributed by atoms with van der Waals surface area (Å²) in [7, 11) is 0. The monoisotopic (exact) mass is 427 g/mol. The maximum atomic E-state index is 12.3. The van der Waals surface area contributed by atoms with Gasteiger partial charge >= 0.3 is 0 Å². The molecule has 0 radical (unpaired) electrons. The number of nitrogens with zero attached hydrogens (tertiary/aromatic N) is 2. The minimum Gasteiger partial charge on any atom is -0.494 e. The van der Waals surface area contributed by atoms with Gasteiger partial charge in [0.25, 0.3) is 11.6 Å². The third-order valence-corrected chi connectivity index (χ3v) is 6.57. The SMILES string of the molecule is CCOc1ccc(N2C3=[N+](CCCCC3)C[C@@]2(O)c2cccc(-c3ccccc3)c2)cc1. The van der Waals surface area contributed by atoms with Crippen LogP contribution in [-0.2, 0) is 5.72 Å². The third-order valence-electron chi connectivity index (χ3n) is 6.57. The molecule has 2 aliphatic rings. The Hall–Kier alpha value is -3.11. The van der Waals surface area contributed by atoms with Crippen LogP contribution in [0.1, 0.15) is 38.2 Å². The van der Waals surface area contributed by atoms with Crippen LogP contribution in [0.4, 0.5) is 5.69 Å². The largest absolute Gasteiger partial charge is 0.494 e. The van der Waals surface area contributed by atoms with Crippen molar-refractivity contribution in [1.82, 2.24) is 0 Å². The average molecular weight is 428 g/mol. The van der Waals surface area contributed by atoms with E-state index < -0.39 is 5.72 Å². The fourth-order valence-electron chi connectivity index (χ4n) is 5.04. The van der Waals surface area contributed by atoms with Crippen molar-refractivity contribution in [3.05, 3.63) is 84.4 Å². The Bertz CT molecular complexity index is 1110. The van der Waals surface area contributed by atoms with E-state index in [1.54, 1.807) is 0 Å². The zero-order valence-corrected chi connectivity index (χ0v) is 18.7. The smallest absolute Gasteiger partial charge is 0.275 e. The topological polar surface area (TPSA) is 35.7 Å². The van der Waals surface area contributed by atoms with Crippen molar-refractivity contribution in [3.8, 4) is 16.9 Å². The Balaban J connectivity index is 1.58. The Morgan fingerprint density at radius 1 is 0.906 bits per heavy atom. The maximum absolute atomic E-state index is 12.3. The second kappa shape index (κ2) is 8.79. The minimum atomic E-state index is -1.12. The van der Waals surface area contributed by atoms with Crippen molar-refractivity contribution in [1.29, 1.82) is 0 Å². The lowest BCUT2D eigenvalue weighted by Gasteiger charge is -2.29. The molecule has 0 fully saturated rings. The predicted molar refractivity (Wildman–Crippen MR) is 129 cm³/mol. The summed E-state index contributed by atoms with van der Waals surface area (Å²) in [4.78, 5) is 2.16. The van der Waals surface area contributed by atoms with Gasteiger partial charge in [-0.3, -0.25) is 4.58 Å². The highest BCUT2D eigenvalue weighted by Crippen LogP contribution is 2.39. The van der Waals surface area contributed by atoms with E-state index in [2.05, 4.69) is 70.1 Å². The van der Waals surface area contributed by atoms with Crippen LogP contribution in [0.2, 0.25) is 0 Å². The molecular weight excluding hydrogens is 396 g/mol. The van der Waals surface area contributed by atoms with Gasteiger partial charge in [-0.25, -0.2) is 0 Å². The van der Waals surface area contributed by atoms with Crippen LogP contribution in [0.15, 0.2) is 78.9 Å². The van der Waals surface area contributed by atoms with Gasteiger partial charge in [0.2, 0.25) is 0 Å². The lowest BCUT2D eigenvalue weighted by molar-refractivity contribution is -0.534. The molecular formula is C28H31N2O2+. The molecule has 0 saturated carbocycles. The number of hydrogen-bond donors (Lipinski definition) is 1. The van der Waals surface area contributed by atoms with Gasteiger partial charge in [0.15, 0.2) is 6.54 Å². The predicted octanol–water partition coefficient (Wildman–Crippen LogP) is 5.40. The summed E-state index contributed by atoms with van der Waals surface area (Å²) >= 11 is 0. The Labute approximate surface area is 190 Å². The van der Waals surface area contributed by atoms with E-state index in [4.69, 9.17) is 4.74 Å². The standard InChI is InChI=1S/C28H31N2O2/c1-2-32-26-17-15-25(16-18-26)30-27-14-7-4-8-19-29(27)21-28(30,31)24-13-9-12-23(20-24)22-10-5-3-6-11-22/h3,5-6,9-13,15-18,20,31H,2,4,7-8,14,19,21H2,1H3/q+1/t28-/m1/s1. The number of ether oxygens (including phenoxy) is 1. The van der Waals surface area contributed by atoms with E-state index >= 15 is 0 Å². The average Bonchev–Trinajstić information content (AvgIpc) is 2.96. The molecule has 32 heavy (non-hydrogen) atoms. The zero-order chi connectivity index (χ0) is 22.0. The van der Waals surface area contributed by atoms with Crippen molar-refractivity contribution in [2.24, 2.45) is 0 Å². The lowest BCUT2D eigenvalue weighted by Crippen LogP contribution is -2.47. The summed E-state index contributed by atoms with van der Waals surface area (Å²) in [6, 6.07) is 26.9. The second-order valence-electron chi connectivity index (χ2n) is 8.67. The van der Waals surface area contributed by atoms with Crippen LogP contribution < -0.4 is 9.64 Å². The molecule has 0 saturated heterocycles. The van der Waals surface area contributed by atoms with Crippen LogP contribution in [0.25, 0.3) is 11.1 Å². The molecule has 0 amide bonds. The van der Waals surface area contributed by atoms with E-state index in [-0.39, 0.29) is 0 Å². The molecule has 0 unspecified atom stereocenters. The van der Waals surface area contributed by atoms with Gasteiger partial charge in [-0.05, 0) is 67.6 Å². The highest BCUT2D eigenvalue weighted by atomic mass is 16.5. The summed E-state index contributed by atoms with van der Waals surface area (Å²) in [6.45, 7) is 4.20. The number of rotatable bonds is 5. The molecule has 0 aliphatic carbocycles. The van der Waals surface area contributed by atoms with Crippen LogP contribution in [0.3, 0.4) is 0 Å². The van der Waals surface area contributed by atoms with Crippen LogP contribution in [0, 0.1) is 0 Å². The Morgan fingerprint density at radius 2 is 1.69 bits per heavy atom. The Morgan fingerprint density at radius 3 is 2.47 bits per heavy atom. The minimum absolute atomic E-state index is 0.577. The first kappa shape index (κ1) is 20.8. The summed E-state index contributed by atoms with van der Waals surface area (Å²) in [5.74, 6) is 2.08. The molecule has 4 nitrogen and oxygen atoms in total. The first-order valence-corrected chi connectivity index (χ1v) is 11.7. The van der Waals surface area contributed by atoms with E-state index in [1.807, 2.05) is 25.1 Å². The van der Waals surface area contributed by atoms with Crippen molar-refractivity contribution < 1.29 is 14.4 Å². The van der Waals surface area contributed by atoms with Gasteiger partial charge in [-0.15, -0.1) is 0 Å². The highest BCUT2D eigenvalue weighted by Gasteiger charge is 2.54. The normalized spacial score (nSPS) is 20.8. The van der Waals surface area contributed by atoms with Gasteiger partial charge in [0.05, 0.1) is 13.2 Å². The fraction of sp³-hybridized carbons (Fsp3) is 0.321. The molecule has 4 heteroatoms. The van der Waals surface area contributed by atoms with Crippen LogP contribution in [-0.4, -0.2) is 35.2 Å². The van der Waals surface area contributed by atoms with Gasteiger partial charge in [0.1, 0.15) is 11.4 Å². The molecule has 3 aromatic rings. The molecule has 1 N–H and O–H groups in total. The lowest BCUT2D eigenvalue weighted by atomic mass is 9.95. The molecule has 0 aromatic heterocycles. The number of benzene rings is 3. The first-order valence-electron chi connectivity index (χ1n) is 11.7. The van der Waals surface area contributed by atoms with E-state index in [1.165, 1.54) is 18.7 Å². The fourth-order valence-corrected chi connectivity index (χ4v) is 5.04. The second-order valence-corrected chi connectivity index (χ2v) is 8.67. The van der Waals surface area contributed by atoms with Gasteiger partial charge in [-0.2, -0.15) is 4.90 Å². The first-order chi connectivity index (χ1) is 15.7. The summed E-state index contributed by atoms with van der Waals surface area (Å²) in [5, 5.41) is 12.3. The van der Waals surface area contributed by atoms with E-state index in [0.717, 1.165) is 47.5 Å². The summed E-state index contributed by atoms with van der Waals surface area (Å²) in [5.41, 5.74) is 3.08. The van der Waals surface area contributed by atoms with Crippen molar-refractivity contribution in [2.75, 3.05) is 24.6 Å². The number of aliphatic hydroxyl groups is 1. The quantitative estimate of drug-likeness (QED) is 0.554. The number of anilines is 1. The van der Waals surface area contributed by atoms with Crippen LogP contribution in [0.5, 0.6) is 5.75 Å². The number of amidine groups is 1. The summed E-state index contributed by atoms with van der Waals surface area (Å²) in [6.07, 6.45) is 4.53. The van der Waals surface area contributed by atoms with E-state index in [0.29, 0.717) is 13.2 Å². The van der Waals surface area contributed by atoms with Crippen molar-refractivity contribution >= 4 is 11.5 Å². The zero-order valence-electron chi connectivity index (χ0n) is 18.7. The van der Waals surface area contributed by atoms with Gasteiger partial charge < -0.3 is 9.84 Å². The Kier molecular flexibility index (Phi) is 5.71. The molecule has 3 aromatic carbocycles. The molecule has 2 aliphatic heterocycles. The summed E-state index contributed by atoms with van der Waals surface area (Å²) < 4.78 is 8.04. The number of hydrogen-bond acceptors (Lipinski definition) is 3. The highest BCUT2D eigenvalue weighted by molar-refractivity contribution is 5.97. The maximum Gasteiger partial charge on any atom is 0.275 e. The van der Waals surface area contributed by atoms with Crippen molar-refractivity contribution in [3.63, 3.8) is 0 Å². The van der Waals surface area contributed by atoms with Gasteiger partial charge in [-0.1, -0.05) is 48.5 Å². The van der Waals surface area contributed by atoms with Crippen molar-refractivity contribution in [2.45, 2.75) is 38.3 Å². The molecule has 164 valence electrons. The van der Waals surface area contributed by atoms with Crippen LogP contribution >= 0.6 is 0 Å². The molecule has 0 bridgehead atoms. The molecule has 2 heterocycles. The van der Waals surface area contributed by atoms with E-state index in [9.17, 15) is 5.11 Å². The molecule has 0 spiro atoms. The molecule has 5 rings (SSSR count).